The second-order valence-electron chi connectivity index (χ2n) is 5.73. The van der Waals surface area contributed by atoms with Crippen LogP contribution in [0.4, 0.5) is 0 Å². The number of hydrogen-bond acceptors (Lipinski definition) is 4. The molecule has 3 rings (SSSR count). The summed E-state index contributed by atoms with van der Waals surface area (Å²) >= 11 is 0. The van der Waals surface area contributed by atoms with Crippen LogP contribution in [0.2, 0.25) is 0 Å². The van der Waals surface area contributed by atoms with E-state index in [1.807, 2.05) is 36.4 Å². The molecule has 0 bridgehead atoms. The smallest absolute Gasteiger partial charge is 0.240 e. The molecule has 0 saturated heterocycles. The zero-order valence-corrected chi connectivity index (χ0v) is 14.7. The van der Waals surface area contributed by atoms with E-state index in [1.165, 1.54) is 0 Å². The maximum atomic E-state index is 12.4. The Balaban J connectivity index is 1.74. The van der Waals surface area contributed by atoms with Gasteiger partial charge in [-0.25, -0.2) is 0 Å². The summed E-state index contributed by atoms with van der Waals surface area (Å²) in [5.41, 5.74) is 2.25. The molecule has 0 atom stereocenters. The van der Waals surface area contributed by atoms with Crippen LogP contribution in [0.3, 0.4) is 0 Å². The van der Waals surface area contributed by atoms with Crippen LogP contribution in [-0.2, 0) is 17.9 Å². The number of para-hydroxylation sites is 2. The van der Waals surface area contributed by atoms with E-state index in [0.29, 0.717) is 23.6 Å². The minimum absolute atomic E-state index is 0.133. The van der Waals surface area contributed by atoms with Gasteiger partial charge in [0, 0.05) is 29.2 Å². The second-order valence-corrected chi connectivity index (χ2v) is 5.73. The number of carbonyl (C=O) groups excluding carboxylic acids is 1. The lowest BCUT2D eigenvalue weighted by Crippen LogP contribution is -2.27. The van der Waals surface area contributed by atoms with Crippen LogP contribution in [-0.4, -0.2) is 24.7 Å². The number of aromatic nitrogens is 1. The minimum Gasteiger partial charge on any atom is -0.493 e. The highest BCUT2D eigenvalue weighted by molar-refractivity contribution is 5.88. The molecular formula is C20H19N3O3. The van der Waals surface area contributed by atoms with Crippen LogP contribution in [0.1, 0.15) is 11.1 Å². The Labute approximate surface area is 151 Å². The molecule has 0 fully saturated rings. The van der Waals surface area contributed by atoms with E-state index in [1.54, 1.807) is 31.0 Å². The lowest BCUT2D eigenvalue weighted by molar-refractivity contribution is -0.121. The van der Waals surface area contributed by atoms with Gasteiger partial charge in [0.15, 0.2) is 11.5 Å². The predicted octanol–water partition coefficient (Wildman–Crippen LogP) is 2.85. The van der Waals surface area contributed by atoms with E-state index in [0.717, 1.165) is 16.5 Å². The third kappa shape index (κ3) is 3.33. The largest absolute Gasteiger partial charge is 0.493 e. The Kier molecular flexibility index (Phi) is 5.09. The highest BCUT2D eigenvalue weighted by atomic mass is 16.5. The molecule has 0 aliphatic carbocycles. The molecule has 1 aromatic heterocycles. The first-order valence-electron chi connectivity index (χ1n) is 8.12. The molecule has 0 saturated carbocycles. The molecule has 6 nitrogen and oxygen atoms in total. The van der Waals surface area contributed by atoms with Crippen molar-refractivity contribution in [1.82, 2.24) is 9.88 Å². The van der Waals surface area contributed by atoms with Crippen LogP contribution in [0.5, 0.6) is 11.5 Å². The van der Waals surface area contributed by atoms with Gasteiger partial charge in [0.1, 0.15) is 12.6 Å². The second kappa shape index (κ2) is 7.62. The Morgan fingerprint density at radius 2 is 1.96 bits per heavy atom. The molecule has 0 aliphatic rings. The van der Waals surface area contributed by atoms with Gasteiger partial charge in [-0.15, -0.1) is 0 Å². The van der Waals surface area contributed by atoms with Gasteiger partial charge in [-0.3, -0.25) is 4.79 Å². The number of amides is 1. The number of nitriles is 1. The number of carbonyl (C=O) groups is 1. The molecule has 1 heterocycles. The van der Waals surface area contributed by atoms with Crippen LogP contribution in [0, 0.1) is 11.3 Å². The van der Waals surface area contributed by atoms with Gasteiger partial charge < -0.3 is 19.4 Å². The van der Waals surface area contributed by atoms with Gasteiger partial charge in [0.05, 0.1) is 19.8 Å². The van der Waals surface area contributed by atoms with Crippen molar-refractivity contribution in [3.05, 3.63) is 59.8 Å². The summed E-state index contributed by atoms with van der Waals surface area (Å²) in [4.78, 5) is 12.4. The van der Waals surface area contributed by atoms with Crippen molar-refractivity contribution < 1.29 is 14.3 Å². The Bertz CT molecular complexity index is 986. The van der Waals surface area contributed by atoms with Crippen molar-refractivity contribution in [2.24, 2.45) is 0 Å². The van der Waals surface area contributed by atoms with E-state index >= 15 is 0 Å². The molecule has 2 aromatic carbocycles. The van der Waals surface area contributed by atoms with Gasteiger partial charge in [-0.1, -0.05) is 30.3 Å². The van der Waals surface area contributed by atoms with E-state index in [4.69, 9.17) is 9.47 Å². The van der Waals surface area contributed by atoms with E-state index in [2.05, 4.69) is 11.4 Å². The molecule has 0 spiro atoms. The van der Waals surface area contributed by atoms with Crippen LogP contribution < -0.4 is 14.8 Å². The maximum absolute atomic E-state index is 12.4. The molecule has 0 radical (unpaired) electrons. The minimum atomic E-state index is -0.153. The first kappa shape index (κ1) is 17.4. The summed E-state index contributed by atoms with van der Waals surface area (Å²) < 4.78 is 12.4. The average Bonchev–Trinajstić information content (AvgIpc) is 3.03. The van der Waals surface area contributed by atoms with E-state index in [9.17, 15) is 10.1 Å². The standard InChI is InChI=1S/C20H19N3O3/c1-25-18-9-5-6-14(20(18)26-2)11-22-19(24)13-23-12-15(10-21)16-7-3-4-8-17(16)23/h3-9,12H,11,13H2,1-2H3,(H,22,24). The van der Waals surface area contributed by atoms with E-state index < -0.39 is 0 Å². The zero-order chi connectivity index (χ0) is 18.5. The first-order chi connectivity index (χ1) is 12.7. The van der Waals surface area contributed by atoms with Crippen molar-refractivity contribution in [3.63, 3.8) is 0 Å². The van der Waals surface area contributed by atoms with Crippen molar-refractivity contribution >= 4 is 16.8 Å². The van der Waals surface area contributed by atoms with Crippen LogP contribution >= 0.6 is 0 Å². The molecule has 0 unspecified atom stereocenters. The molecule has 0 aliphatic heterocycles. The summed E-state index contributed by atoms with van der Waals surface area (Å²) in [6.07, 6.45) is 1.70. The fourth-order valence-corrected chi connectivity index (χ4v) is 2.96. The first-order valence-corrected chi connectivity index (χ1v) is 8.12. The highest BCUT2D eigenvalue weighted by Crippen LogP contribution is 2.30. The third-order valence-corrected chi connectivity index (χ3v) is 4.18. The number of nitrogens with zero attached hydrogens (tertiary/aromatic N) is 2. The van der Waals surface area contributed by atoms with Gasteiger partial charge in [0.25, 0.3) is 0 Å². The number of benzene rings is 2. The molecule has 3 aromatic rings. The number of fused-ring (bicyclic) bond motifs is 1. The van der Waals surface area contributed by atoms with Crippen molar-refractivity contribution in [2.75, 3.05) is 14.2 Å². The van der Waals surface area contributed by atoms with Crippen LogP contribution in [0.25, 0.3) is 10.9 Å². The number of nitrogens with one attached hydrogen (secondary N) is 1. The highest BCUT2D eigenvalue weighted by Gasteiger charge is 2.13. The van der Waals surface area contributed by atoms with E-state index in [-0.39, 0.29) is 12.5 Å². The van der Waals surface area contributed by atoms with Gasteiger partial charge >= 0.3 is 0 Å². The Hall–Kier alpha value is -3.46. The average molecular weight is 349 g/mol. The van der Waals surface area contributed by atoms with Gasteiger partial charge in [-0.2, -0.15) is 5.26 Å². The lowest BCUT2D eigenvalue weighted by atomic mass is 10.2. The fraction of sp³-hybridized carbons (Fsp3) is 0.200. The van der Waals surface area contributed by atoms with Crippen molar-refractivity contribution in [1.29, 1.82) is 5.26 Å². The molecule has 1 N–H and O–H groups in total. The van der Waals surface area contributed by atoms with Crippen molar-refractivity contribution in [3.8, 4) is 17.6 Å². The molecule has 1 amide bonds. The Morgan fingerprint density at radius 3 is 2.69 bits per heavy atom. The van der Waals surface area contributed by atoms with Gasteiger partial charge in [-0.05, 0) is 12.1 Å². The maximum Gasteiger partial charge on any atom is 0.240 e. The molecule has 26 heavy (non-hydrogen) atoms. The quantitative estimate of drug-likeness (QED) is 0.742. The molecule has 132 valence electrons. The summed E-state index contributed by atoms with van der Waals surface area (Å²) in [5.74, 6) is 1.07. The Morgan fingerprint density at radius 1 is 1.15 bits per heavy atom. The van der Waals surface area contributed by atoms with Crippen molar-refractivity contribution in [2.45, 2.75) is 13.1 Å². The summed E-state index contributed by atoms with van der Waals surface area (Å²) in [6.45, 7) is 0.456. The monoisotopic (exact) mass is 349 g/mol. The van der Waals surface area contributed by atoms with Crippen LogP contribution in [0.15, 0.2) is 48.7 Å². The zero-order valence-electron chi connectivity index (χ0n) is 14.7. The topological polar surface area (TPSA) is 76.3 Å². The number of rotatable bonds is 6. The molecular weight excluding hydrogens is 330 g/mol. The number of methoxy groups -OCH3 is 2. The fourth-order valence-electron chi connectivity index (χ4n) is 2.96. The lowest BCUT2D eigenvalue weighted by Gasteiger charge is -2.13. The normalized spacial score (nSPS) is 10.3. The summed E-state index contributed by atoms with van der Waals surface area (Å²) in [6, 6.07) is 15.2. The van der Waals surface area contributed by atoms with Gasteiger partial charge in [0.2, 0.25) is 5.91 Å². The number of hydrogen-bond donors (Lipinski definition) is 1. The SMILES string of the molecule is COc1cccc(CNC(=O)Cn2cc(C#N)c3ccccc32)c1OC. The predicted molar refractivity (Wildman–Crippen MR) is 98.0 cm³/mol. The molecule has 6 heteroatoms. The summed E-state index contributed by atoms with van der Waals surface area (Å²) in [7, 11) is 3.14. The third-order valence-electron chi connectivity index (χ3n) is 4.18. The summed E-state index contributed by atoms with van der Waals surface area (Å²) in [5, 5.41) is 13.0. The number of ether oxygens (including phenoxy) is 2.